The SMILES string of the molecule is CC(C)C[C@H]1C(=O)N2CCCC2[C@]2(O)O[C@](NC(=O)[C@@H]3CC4c5cccc6[nH]cc(c56)C[C@H]4N(C)C3)(C(C)C)C(=O)N12. The second kappa shape index (κ2) is 9.53. The molecule has 0 radical (unpaired) electrons. The molecule has 4 fully saturated rings. The fourth-order valence-corrected chi connectivity index (χ4v) is 8.63. The Hall–Kier alpha value is -2.95. The van der Waals surface area contributed by atoms with Gasteiger partial charge in [-0.3, -0.25) is 24.0 Å². The third-order valence-corrected chi connectivity index (χ3v) is 10.7. The van der Waals surface area contributed by atoms with Crippen molar-refractivity contribution >= 4 is 28.6 Å². The number of aromatic nitrogens is 1. The topological polar surface area (TPSA) is 118 Å². The van der Waals surface area contributed by atoms with Gasteiger partial charge in [-0.1, -0.05) is 39.8 Å². The first-order valence-electron chi connectivity index (χ1n) is 15.6. The van der Waals surface area contributed by atoms with Gasteiger partial charge < -0.3 is 25.2 Å². The number of nitrogens with zero attached hydrogens (tertiary/aromatic N) is 3. The van der Waals surface area contributed by atoms with Crippen LogP contribution in [-0.2, 0) is 25.5 Å². The molecule has 3 amide bonds. The third-order valence-electron chi connectivity index (χ3n) is 10.7. The number of rotatable bonds is 5. The van der Waals surface area contributed by atoms with Crippen molar-refractivity contribution in [3.05, 3.63) is 35.5 Å². The molecule has 5 aliphatic rings. The number of H-pyrrole nitrogens is 1. The highest BCUT2D eigenvalue weighted by atomic mass is 16.7. The summed E-state index contributed by atoms with van der Waals surface area (Å²) < 4.78 is 6.45. The predicted molar refractivity (Wildman–Crippen MR) is 156 cm³/mol. The second-order valence-corrected chi connectivity index (χ2v) is 14.0. The molecule has 2 aromatic rings. The number of likely N-dealkylation sites (N-methyl/N-ethyl adjacent to an activating group) is 1. The maximum atomic E-state index is 14.4. The van der Waals surface area contributed by atoms with E-state index in [1.165, 1.54) is 21.4 Å². The summed E-state index contributed by atoms with van der Waals surface area (Å²) in [5.41, 5.74) is 1.93. The molecular weight excluding hydrogens is 534 g/mol. The van der Waals surface area contributed by atoms with Gasteiger partial charge >= 0.3 is 0 Å². The zero-order valence-corrected chi connectivity index (χ0v) is 25.2. The largest absolute Gasteiger partial charge is 0.361 e. The Labute approximate surface area is 246 Å². The average molecular weight is 578 g/mol. The molecule has 3 N–H and O–H groups in total. The number of nitrogens with one attached hydrogen (secondary N) is 2. The van der Waals surface area contributed by atoms with Gasteiger partial charge in [0, 0.05) is 48.1 Å². The molecule has 4 saturated heterocycles. The number of carbonyl (C=O) groups excluding carboxylic acids is 3. The van der Waals surface area contributed by atoms with Crippen LogP contribution in [0.5, 0.6) is 0 Å². The van der Waals surface area contributed by atoms with E-state index < -0.39 is 35.5 Å². The van der Waals surface area contributed by atoms with Crippen molar-refractivity contribution in [3.63, 3.8) is 0 Å². The van der Waals surface area contributed by atoms with Crippen molar-refractivity contribution in [2.24, 2.45) is 17.8 Å². The number of piperidine rings is 1. The standard InChI is InChI=1S/C32H43N5O5/c1-17(2)12-25-29(39)36-11-7-10-26(36)32(41)37(25)30(40)31(42-32,18(3)4)34-28(38)20-13-22-21-8-6-9-23-27(21)19(15-33-23)14-24(22)35(5)16-20/h6,8-9,15,17-18,20,22,24-26,33,41H,7,10-14,16H2,1-5H3,(H,34,38)/t20-,22?,24-,25+,26?,31-,32+/m1/s1. The first-order valence-corrected chi connectivity index (χ1v) is 15.6. The molecule has 0 saturated carbocycles. The lowest BCUT2D eigenvalue weighted by Crippen LogP contribution is -2.71. The summed E-state index contributed by atoms with van der Waals surface area (Å²) in [6.07, 6.45) is 5.36. The number of fused-ring (bicyclic) bond motifs is 5. The van der Waals surface area contributed by atoms with Crippen molar-refractivity contribution in [1.29, 1.82) is 0 Å². The summed E-state index contributed by atoms with van der Waals surface area (Å²) in [5, 5.41) is 16.4. The zero-order valence-electron chi connectivity index (χ0n) is 25.2. The van der Waals surface area contributed by atoms with E-state index in [4.69, 9.17) is 4.74 Å². The van der Waals surface area contributed by atoms with E-state index in [-0.39, 0.29) is 35.6 Å². The molecule has 10 heteroatoms. The number of likely N-dealkylation sites (tertiary alicyclic amines) is 1. The van der Waals surface area contributed by atoms with E-state index in [2.05, 4.69) is 46.6 Å². The Bertz CT molecular complexity index is 1450. The van der Waals surface area contributed by atoms with Crippen LogP contribution >= 0.6 is 0 Å². The zero-order chi connectivity index (χ0) is 29.7. The Morgan fingerprint density at radius 2 is 2.02 bits per heavy atom. The van der Waals surface area contributed by atoms with Crippen molar-refractivity contribution in [1.82, 2.24) is 25.0 Å². The van der Waals surface area contributed by atoms with E-state index in [9.17, 15) is 19.5 Å². The number of benzene rings is 1. The van der Waals surface area contributed by atoms with E-state index in [1.807, 2.05) is 27.7 Å². The number of ether oxygens (including phenoxy) is 1. The van der Waals surface area contributed by atoms with Gasteiger partial charge in [0.05, 0.1) is 5.92 Å². The highest BCUT2D eigenvalue weighted by molar-refractivity contribution is 5.97. The van der Waals surface area contributed by atoms with Crippen molar-refractivity contribution in [3.8, 4) is 0 Å². The summed E-state index contributed by atoms with van der Waals surface area (Å²) in [7, 11) is 2.07. The van der Waals surface area contributed by atoms with Gasteiger partial charge in [0.2, 0.25) is 17.5 Å². The number of piperazine rings is 1. The van der Waals surface area contributed by atoms with Crippen molar-refractivity contribution in [2.75, 3.05) is 20.1 Å². The number of amides is 3. The van der Waals surface area contributed by atoms with Crippen molar-refractivity contribution in [2.45, 2.75) is 95.5 Å². The highest BCUT2D eigenvalue weighted by Crippen LogP contribution is 2.49. The van der Waals surface area contributed by atoms with E-state index in [0.29, 0.717) is 32.4 Å². The number of hydrogen-bond donors (Lipinski definition) is 3. The fourth-order valence-electron chi connectivity index (χ4n) is 8.63. The summed E-state index contributed by atoms with van der Waals surface area (Å²) in [6.45, 7) is 8.73. The van der Waals surface area contributed by atoms with Gasteiger partial charge in [0.15, 0.2) is 0 Å². The first-order chi connectivity index (χ1) is 20.0. The highest BCUT2D eigenvalue weighted by Gasteiger charge is 2.72. The Balaban J connectivity index is 1.20. The monoisotopic (exact) mass is 577 g/mol. The molecule has 7 atom stereocenters. The van der Waals surface area contributed by atoms with Crippen LogP contribution < -0.4 is 5.32 Å². The van der Waals surface area contributed by atoms with E-state index >= 15 is 0 Å². The molecule has 1 aromatic carbocycles. The molecule has 4 aliphatic heterocycles. The van der Waals surface area contributed by atoms with Gasteiger partial charge in [-0.25, -0.2) is 0 Å². The maximum absolute atomic E-state index is 14.4. The maximum Gasteiger partial charge on any atom is 0.281 e. The summed E-state index contributed by atoms with van der Waals surface area (Å²) in [4.78, 5) is 50.8. The molecule has 1 aliphatic carbocycles. The molecule has 7 rings (SSSR count). The smallest absolute Gasteiger partial charge is 0.281 e. The minimum absolute atomic E-state index is 0.116. The quantitative estimate of drug-likeness (QED) is 0.503. The Kier molecular flexibility index (Phi) is 6.32. The van der Waals surface area contributed by atoms with Gasteiger partial charge in [0.1, 0.15) is 12.1 Å². The minimum Gasteiger partial charge on any atom is -0.361 e. The van der Waals surface area contributed by atoms with Crippen LogP contribution in [0.4, 0.5) is 0 Å². The molecule has 226 valence electrons. The number of hydrogen-bond acceptors (Lipinski definition) is 6. The first kappa shape index (κ1) is 27.9. The Morgan fingerprint density at radius 3 is 2.76 bits per heavy atom. The minimum atomic E-state index is -1.99. The summed E-state index contributed by atoms with van der Waals surface area (Å²) in [6, 6.07) is 5.13. The lowest BCUT2D eigenvalue weighted by molar-refractivity contribution is -0.322. The predicted octanol–water partition coefficient (Wildman–Crippen LogP) is 2.52. The molecule has 0 bridgehead atoms. The number of aliphatic hydroxyl groups is 1. The van der Waals surface area contributed by atoms with Crippen LogP contribution in [0.25, 0.3) is 10.9 Å². The van der Waals surface area contributed by atoms with E-state index in [0.717, 1.165) is 18.4 Å². The number of aromatic amines is 1. The van der Waals surface area contributed by atoms with Crippen LogP contribution in [0.3, 0.4) is 0 Å². The van der Waals surface area contributed by atoms with E-state index in [1.54, 1.807) is 4.90 Å². The molecule has 2 unspecified atom stereocenters. The van der Waals surface area contributed by atoms with Gasteiger partial charge in [0.25, 0.3) is 11.8 Å². The van der Waals surface area contributed by atoms with Crippen LogP contribution in [-0.4, -0.2) is 92.4 Å². The lowest BCUT2D eigenvalue weighted by Gasteiger charge is -2.49. The van der Waals surface area contributed by atoms with Crippen LogP contribution in [0, 0.1) is 17.8 Å². The average Bonchev–Trinajstić information content (AvgIpc) is 3.65. The molecule has 0 spiro atoms. The molecular formula is C32H43N5O5. The van der Waals surface area contributed by atoms with Gasteiger partial charge in [-0.05, 0) is 62.3 Å². The number of carbonyl (C=O) groups is 3. The van der Waals surface area contributed by atoms with Crippen LogP contribution in [0.1, 0.15) is 70.4 Å². The Morgan fingerprint density at radius 1 is 1.24 bits per heavy atom. The van der Waals surface area contributed by atoms with Crippen LogP contribution in [0.15, 0.2) is 24.4 Å². The molecule has 1 aromatic heterocycles. The molecule has 10 nitrogen and oxygen atoms in total. The second-order valence-electron chi connectivity index (χ2n) is 14.0. The van der Waals surface area contributed by atoms with Gasteiger partial charge in [-0.15, -0.1) is 0 Å². The van der Waals surface area contributed by atoms with Crippen LogP contribution in [0.2, 0.25) is 0 Å². The van der Waals surface area contributed by atoms with Crippen molar-refractivity contribution < 1.29 is 24.2 Å². The fraction of sp³-hybridized carbons (Fsp3) is 0.656. The molecule has 42 heavy (non-hydrogen) atoms. The summed E-state index contributed by atoms with van der Waals surface area (Å²) in [5.74, 6) is -3.48. The normalized spacial score (nSPS) is 36.1. The molecule has 5 heterocycles. The lowest BCUT2D eigenvalue weighted by atomic mass is 9.72. The third kappa shape index (κ3) is 3.77. The summed E-state index contributed by atoms with van der Waals surface area (Å²) >= 11 is 0. The van der Waals surface area contributed by atoms with Gasteiger partial charge in [-0.2, -0.15) is 0 Å².